The second-order valence-electron chi connectivity index (χ2n) is 3.72. The Morgan fingerprint density at radius 3 is 2.68 bits per heavy atom. The first-order valence-corrected chi connectivity index (χ1v) is 7.06. The third-order valence-electron chi connectivity index (χ3n) is 2.45. The Morgan fingerprint density at radius 1 is 1.32 bits per heavy atom. The molecule has 4 nitrogen and oxygen atoms in total. The molecule has 1 aromatic carbocycles. The van der Waals surface area contributed by atoms with Gasteiger partial charge in [-0.05, 0) is 46.3 Å². The number of amides is 1. The largest absolute Gasteiger partial charge is 0.493 e. The van der Waals surface area contributed by atoms with E-state index in [9.17, 15) is 4.79 Å². The van der Waals surface area contributed by atoms with Crippen LogP contribution in [-0.4, -0.2) is 13.0 Å². The van der Waals surface area contributed by atoms with Crippen LogP contribution < -0.4 is 15.2 Å². The van der Waals surface area contributed by atoms with Crippen LogP contribution in [0.3, 0.4) is 0 Å². The van der Waals surface area contributed by atoms with Gasteiger partial charge < -0.3 is 15.2 Å². The summed E-state index contributed by atoms with van der Waals surface area (Å²) in [5, 5.41) is 0. The van der Waals surface area contributed by atoms with Gasteiger partial charge in [0, 0.05) is 10.4 Å². The van der Waals surface area contributed by atoms with Gasteiger partial charge in [0.1, 0.15) is 6.61 Å². The monoisotopic (exact) mass is 341 g/mol. The zero-order valence-corrected chi connectivity index (χ0v) is 12.6. The number of primary amides is 1. The Labute approximate surface area is 123 Å². The van der Waals surface area contributed by atoms with Gasteiger partial charge >= 0.3 is 0 Å². The summed E-state index contributed by atoms with van der Waals surface area (Å²) in [6.07, 6.45) is 0. The lowest BCUT2D eigenvalue weighted by Gasteiger charge is -2.10. The van der Waals surface area contributed by atoms with Gasteiger partial charge in [0.25, 0.3) is 0 Å². The standard InChI is InChI=1S/C13H12BrNO3S/c1-17-11-6-8(13(15)16)2-4-10(11)18-7-9-3-5-12(14)19-9/h2-6H,7H2,1H3,(H2,15,16). The number of carbonyl (C=O) groups excluding carboxylic acids is 1. The van der Waals surface area contributed by atoms with Gasteiger partial charge in [0.15, 0.2) is 11.5 Å². The molecular weight excluding hydrogens is 330 g/mol. The molecule has 0 saturated carbocycles. The van der Waals surface area contributed by atoms with E-state index in [-0.39, 0.29) is 0 Å². The Kier molecular flexibility index (Phi) is 4.44. The predicted molar refractivity (Wildman–Crippen MR) is 77.9 cm³/mol. The molecule has 0 aliphatic rings. The van der Waals surface area contributed by atoms with Gasteiger partial charge in [-0.25, -0.2) is 0 Å². The van der Waals surface area contributed by atoms with Gasteiger partial charge in [-0.2, -0.15) is 0 Å². The fourth-order valence-electron chi connectivity index (χ4n) is 1.52. The van der Waals surface area contributed by atoms with Crippen molar-refractivity contribution in [3.05, 3.63) is 44.6 Å². The van der Waals surface area contributed by atoms with Crippen LogP contribution in [0.2, 0.25) is 0 Å². The van der Waals surface area contributed by atoms with E-state index in [0.29, 0.717) is 23.7 Å². The average molecular weight is 342 g/mol. The van der Waals surface area contributed by atoms with Gasteiger partial charge in [0.05, 0.1) is 10.9 Å². The zero-order chi connectivity index (χ0) is 13.8. The summed E-state index contributed by atoms with van der Waals surface area (Å²) in [5.74, 6) is 0.580. The van der Waals surface area contributed by atoms with Crippen molar-refractivity contribution < 1.29 is 14.3 Å². The second kappa shape index (κ2) is 6.08. The Balaban J connectivity index is 2.13. The van der Waals surface area contributed by atoms with Crippen molar-refractivity contribution in [3.63, 3.8) is 0 Å². The smallest absolute Gasteiger partial charge is 0.248 e. The maximum absolute atomic E-state index is 11.1. The molecule has 19 heavy (non-hydrogen) atoms. The van der Waals surface area contributed by atoms with Crippen LogP contribution in [0.5, 0.6) is 11.5 Å². The molecule has 2 rings (SSSR count). The van der Waals surface area contributed by atoms with Crippen molar-refractivity contribution in [2.45, 2.75) is 6.61 Å². The van der Waals surface area contributed by atoms with E-state index < -0.39 is 5.91 Å². The van der Waals surface area contributed by atoms with E-state index in [2.05, 4.69) is 15.9 Å². The molecule has 0 aliphatic heterocycles. The molecule has 6 heteroatoms. The maximum atomic E-state index is 11.1. The summed E-state index contributed by atoms with van der Waals surface area (Å²) in [7, 11) is 1.52. The highest BCUT2D eigenvalue weighted by atomic mass is 79.9. The molecule has 2 aromatic rings. The van der Waals surface area contributed by atoms with Crippen molar-refractivity contribution in [3.8, 4) is 11.5 Å². The van der Waals surface area contributed by atoms with Crippen LogP contribution >= 0.6 is 27.3 Å². The lowest BCUT2D eigenvalue weighted by Crippen LogP contribution is -2.11. The highest BCUT2D eigenvalue weighted by Gasteiger charge is 2.09. The summed E-state index contributed by atoms with van der Waals surface area (Å²) in [5.41, 5.74) is 5.61. The average Bonchev–Trinajstić information content (AvgIpc) is 2.81. The quantitative estimate of drug-likeness (QED) is 0.908. The number of nitrogens with two attached hydrogens (primary N) is 1. The molecular formula is C13H12BrNO3S. The van der Waals surface area contributed by atoms with Crippen LogP contribution in [0.15, 0.2) is 34.1 Å². The summed E-state index contributed by atoms with van der Waals surface area (Å²) in [6.45, 7) is 0.447. The number of thiophene rings is 1. The van der Waals surface area contributed by atoms with E-state index in [1.165, 1.54) is 7.11 Å². The normalized spacial score (nSPS) is 10.2. The predicted octanol–water partition coefficient (Wildman–Crippen LogP) is 3.20. The lowest BCUT2D eigenvalue weighted by atomic mass is 10.2. The lowest BCUT2D eigenvalue weighted by molar-refractivity contribution is 0.1000. The van der Waals surface area contributed by atoms with Crippen molar-refractivity contribution in [2.75, 3.05) is 7.11 Å². The van der Waals surface area contributed by atoms with E-state index in [1.807, 2.05) is 12.1 Å². The van der Waals surface area contributed by atoms with Gasteiger partial charge in [0.2, 0.25) is 5.91 Å². The van der Waals surface area contributed by atoms with Crippen molar-refractivity contribution in [1.82, 2.24) is 0 Å². The topological polar surface area (TPSA) is 61.5 Å². The molecule has 2 N–H and O–H groups in total. The maximum Gasteiger partial charge on any atom is 0.248 e. The third-order valence-corrected chi connectivity index (χ3v) is 4.04. The molecule has 0 atom stereocenters. The molecule has 1 amide bonds. The molecule has 0 aliphatic carbocycles. The number of rotatable bonds is 5. The minimum absolute atomic E-state index is 0.392. The Hall–Kier alpha value is -1.53. The van der Waals surface area contributed by atoms with E-state index in [0.717, 1.165) is 8.66 Å². The first-order chi connectivity index (χ1) is 9.10. The SMILES string of the molecule is COc1cc(C(N)=O)ccc1OCc1ccc(Br)s1. The number of hydrogen-bond donors (Lipinski definition) is 1. The van der Waals surface area contributed by atoms with Crippen LogP contribution in [-0.2, 0) is 6.61 Å². The first kappa shape index (κ1) is 13.9. The first-order valence-electron chi connectivity index (χ1n) is 5.45. The number of carbonyl (C=O) groups is 1. The number of ether oxygens (including phenoxy) is 2. The second-order valence-corrected chi connectivity index (χ2v) is 6.27. The number of methoxy groups -OCH3 is 1. The molecule has 0 fully saturated rings. The Bertz CT molecular complexity index is 597. The van der Waals surface area contributed by atoms with Crippen molar-refractivity contribution in [2.24, 2.45) is 5.73 Å². The molecule has 0 saturated heterocycles. The minimum Gasteiger partial charge on any atom is -0.493 e. The van der Waals surface area contributed by atoms with E-state index in [1.54, 1.807) is 29.5 Å². The molecule has 0 unspecified atom stereocenters. The summed E-state index contributed by atoms with van der Waals surface area (Å²) in [6, 6.07) is 8.82. The van der Waals surface area contributed by atoms with Gasteiger partial charge in [-0.1, -0.05) is 0 Å². The van der Waals surface area contributed by atoms with Crippen LogP contribution in [0.1, 0.15) is 15.2 Å². The molecule has 0 bridgehead atoms. The van der Waals surface area contributed by atoms with Crippen LogP contribution in [0.25, 0.3) is 0 Å². The van der Waals surface area contributed by atoms with Crippen molar-refractivity contribution in [1.29, 1.82) is 0 Å². The van der Waals surface area contributed by atoms with Crippen molar-refractivity contribution >= 4 is 33.2 Å². The number of benzene rings is 1. The fraction of sp³-hybridized carbons (Fsp3) is 0.154. The summed E-state index contributed by atoms with van der Waals surface area (Å²) < 4.78 is 11.9. The van der Waals surface area contributed by atoms with Gasteiger partial charge in [-0.3, -0.25) is 4.79 Å². The highest BCUT2D eigenvalue weighted by Crippen LogP contribution is 2.30. The Morgan fingerprint density at radius 2 is 2.11 bits per heavy atom. The molecule has 1 aromatic heterocycles. The van der Waals surface area contributed by atoms with E-state index in [4.69, 9.17) is 15.2 Å². The molecule has 1 heterocycles. The number of halogens is 1. The van der Waals surface area contributed by atoms with Crippen LogP contribution in [0, 0.1) is 0 Å². The fourth-order valence-corrected chi connectivity index (χ4v) is 2.91. The minimum atomic E-state index is -0.493. The molecule has 0 spiro atoms. The molecule has 0 radical (unpaired) electrons. The summed E-state index contributed by atoms with van der Waals surface area (Å²) >= 11 is 5.00. The van der Waals surface area contributed by atoms with E-state index >= 15 is 0 Å². The highest BCUT2D eigenvalue weighted by molar-refractivity contribution is 9.11. The molecule has 100 valence electrons. The zero-order valence-electron chi connectivity index (χ0n) is 10.2. The number of hydrogen-bond acceptors (Lipinski definition) is 4. The van der Waals surface area contributed by atoms with Crippen LogP contribution in [0.4, 0.5) is 0 Å². The van der Waals surface area contributed by atoms with Gasteiger partial charge in [-0.15, -0.1) is 11.3 Å². The third kappa shape index (κ3) is 3.48. The summed E-state index contributed by atoms with van der Waals surface area (Å²) in [4.78, 5) is 12.2.